The van der Waals surface area contributed by atoms with Crippen LogP contribution in [0, 0.1) is 5.41 Å². The largest absolute Gasteiger partial charge is 0.375 e. The summed E-state index contributed by atoms with van der Waals surface area (Å²) in [5, 5.41) is 3.43. The lowest BCUT2D eigenvalue weighted by Gasteiger charge is -2.29. The number of hydrogen-bond donors (Lipinski definition) is 1. The number of hydrogen-bond acceptors (Lipinski definition) is 2. The second-order valence-electron chi connectivity index (χ2n) is 5.74. The van der Waals surface area contributed by atoms with Gasteiger partial charge in [-0.05, 0) is 33.7 Å². The fraction of sp³-hybridized carbons (Fsp3) is 1.00. The van der Waals surface area contributed by atoms with E-state index in [2.05, 4.69) is 46.9 Å². The molecule has 0 fully saturated rings. The second kappa shape index (κ2) is 5.72. The molecule has 0 aromatic carbocycles. The van der Waals surface area contributed by atoms with Crippen molar-refractivity contribution in [1.29, 1.82) is 0 Å². The Morgan fingerprint density at radius 2 is 1.64 bits per heavy atom. The van der Waals surface area contributed by atoms with Crippen molar-refractivity contribution in [2.45, 2.75) is 53.6 Å². The Bertz CT molecular complexity index is 147. The summed E-state index contributed by atoms with van der Waals surface area (Å²) in [5.41, 5.74) is 0.199. The summed E-state index contributed by atoms with van der Waals surface area (Å²) in [4.78, 5) is 0. The van der Waals surface area contributed by atoms with Crippen LogP contribution < -0.4 is 5.32 Å². The molecule has 0 heterocycles. The maximum absolute atomic E-state index is 5.78. The van der Waals surface area contributed by atoms with Gasteiger partial charge in [0, 0.05) is 12.0 Å². The molecule has 0 saturated carbocycles. The van der Waals surface area contributed by atoms with Gasteiger partial charge in [0.2, 0.25) is 0 Å². The summed E-state index contributed by atoms with van der Waals surface area (Å²) >= 11 is 0. The van der Waals surface area contributed by atoms with Gasteiger partial charge >= 0.3 is 0 Å². The van der Waals surface area contributed by atoms with E-state index in [0.717, 1.165) is 19.7 Å². The first-order valence-electron chi connectivity index (χ1n) is 5.61. The zero-order valence-corrected chi connectivity index (χ0v) is 10.7. The van der Waals surface area contributed by atoms with Crippen molar-refractivity contribution < 1.29 is 4.74 Å². The second-order valence-corrected chi connectivity index (χ2v) is 5.74. The summed E-state index contributed by atoms with van der Waals surface area (Å²) in [5.74, 6) is 0. The first-order valence-corrected chi connectivity index (χ1v) is 5.61. The Hall–Kier alpha value is -0.0800. The van der Waals surface area contributed by atoms with Gasteiger partial charge in [-0.25, -0.2) is 0 Å². The molecule has 0 unspecified atom stereocenters. The van der Waals surface area contributed by atoms with Gasteiger partial charge in [0.25, 0.3) is 0 Å². The summed E-state index contributed by atoms with van der Waals surface area (Å²) in [6, 6.07) is 0. The summed E-state index contributed by atoms with van der Waals surface area (Å²) in [7, 11) is 0. The highest BCUT2D eigenvalue weighted by Crippen LogP contribution is 2.18. The molecule has 0 amide bonds. The lowest BCUT2D eigenvalue weighted by atomic mass is 9.94. The number of ether oxygens (including phenoxy) is 1. The van der Waals surface area contributed by atoms with Crippen LogP contribution in [0.2, 0.25) is 0 Å². The van der Waals surface area contributed by atoms with E-state index in [4.69, 9.17) is 4.74 Å². The number of nitrogens with one attached hydrogen (secondary N) is 1. The van der Waals surface area contributed by atoms with E-state index in [-0.39, 0.29) is 11.0 Å². The lowest BCUT2D eigenvalue weighted by molar-refractivity contribution is -0.0423. The van der Waals surface area contributed by atoms with E-state index < -0.39 is 0 Å². The van der Waals surface area contributed by atoms with Crippen LogP contribution in [-0.2, 0) is 4.74 Å². The molecule has 0 atom stereocenters. The van der Waals surface area contributed by atoms with Crippen molar-refractivity contribution in [3.05, 3.63) is 0 Å². The highest BCUT2D eigenvalue weighted by atomic mass is 16.5. The first-order chi connectivity index (χ1) is 6.27. The quantitative estimate of drug-likeness (QED) is 0.667. The molecule has 0 aliphatic heterocycles. The van der Waals surface area contributed by atoms with Gasteiger partial charge in [0.15, 0.2) is 0 Å². The topological polar surface area (TPSA) is 21.3 Å². The lowest BCUT2D eigenvalue weighted by Crippen LogP contribution is -2.36. The minimum atomic E-state index is -0.0258. The third-order valence-electron chi connectivity index (χ3n) is 1.93. The monoisotopic (exact) mass is 201 g/mol. The molecule has 0 radical (unpaired) electrons. The Morgan fingerprint density at radius 3 is 2.07 bits per heavy atom. The highest BCUT2D eigenvalue weighted by molar-refractivity contribution is 4.73. The summed E-state index contributed by atoms with van der Waals surface area (Å²) < 4.78 is 5.78. The molecule has 0 aromatic heterocycles. The van der Waals surface area contributed by atoms with Gasteiger partial charge in [-0.15, -0.1) is 0 Å². The van der Waals surface area contributed by atoms with Crippen molar-refractivity contribution in [1.82, 2.24) is 5.32 Å². The van der Waals surface area contributed by atoms with Gasteiger partial charge in [-0.3, -0.25) is 0 Å². The molecule has 14 heavy (non-hydrogen) atoms. The molecule has 0 saturated heterocycles. The SMILES string of the molecule is CCCNCC(C)(C)COC(C)(C)C. The van der Waals surface area contributed by atoms with E-state index in [1.807, 2.05) is 0 Å². The van der Waals surface area contributed by atoms with Crippen LogP contribution in [0.1, 0.15) is 48.0 Å². The standard InChI is InChI=1S/C12H27NO/c1-7-8-13-9-12(5,6)10-14-11(2,3)4/h13H,7-10H2,1-6H3. The number of rotatable bonds is 6. The molecule has 0 aliphatic rings. The molecule has 0 spiro atoms. The molecular weight excluding hydrogens is 174 g/mol. The maximum atomic E-state index is 5.78. The van der Waals surface area contributed by atoms with Crippen LogP contribution in [0.5, 0.6) is 0 Å². The van der Waals surface area contributed by atoms with Gasteiger partial charge < -0.3 is 10.1 Å². The average Bonchev–Trinajstić information content (AvgIpc) is 2.00. The molecule has 0 aliphatic carbocycles. The first kappa shape index (κ1) is 13.9. The van der Waals surface area contributed by atoms with Crippen LogP contribution in [0.25, 0.3) is 0 Å². The van der Waals surface area contributed by atoms with Crippen molar-refractivity contribution in [3.63, 3.8) is 0 Å². The Labute approximate surface area is 89.4 Å². The Balaban J connectivity index is 3.72. The summed E-state index contributed by atoms with van der Waals surface area (Å²) in [6.45, 7) is 15.9. The predicted octanol–water partition coefficient (Wildman–Crippen LogP) is 2.83. The minimum absolute atomic E-state index is 0.0258. The molecular formula is C12H27NO. The van der Waals surface area contributed by atoms with Crippen molar-refractivity contribution in [2.75, 3.05) is 19.7 Å². The minimum Gasteiger partial charge on any atom is -0.375 e. The van der Waals surface area contributed by atoms with E-state index >= 15 is 0 Å². The van der Waals surface area contributed by atoms with Crippen LogP contribution >= 0.6 is 0 Å². The third kappa shape index (κ3) is 8.52. The maximum Gasteiger partial charge on any atom is 0.0598 e. The van der Waals surface area contributed by atoms with E-state index in [0.29, 0.717) is 0 Å². The van der Waals surface area contributed by atoms with Crippen LogP contribution in [0.15, 0.2) is 0 Å². The van der Waals surface area contributed by atoms with E-state index in [9.17, 15) is 0 Å². The van der Waals surface area contributed by atoms with Gasteiger partial charge in [-0.1, -0.05) is 20.8 Å². The fourth-order valence-electron chi connectivity index (χ4n) is 1.07. The Morgan fingerprint density at radius 1 is 1.07 bits per heavy atom. The van der Waals surface area contributed by atoms with Crippen molar-refractivity contribution >= 4 is 0 Å². The molecule has 86 valence electrons. The van der Waals surface area contributed by atoms with Gasteiger partial charge in [-0.2, -0.15) is 0 Å². The predicted molar refractivity (Wildman–Crippen MR) is 62.6 cm³/mol. The molecule has 1 N–H and O–H groups in total. The van der Waals surface area contributed by atoms with E-state index in [1.54, 1.807) is 0 Å². The van der Waals surface area contributed by atoms with Crippen molar-refractivity contribution in [3.8, 4) is 0 Å². The van der Waals surface area contributed by atoms with Crippen LogP contribution in [0.4, 0.5) is 0 Å². The van der Waals surface area contributed by atoms with Crippen molar-refractivity contribution in [2.24, 2.45) is 5.41 Å². The third-order valence-corrected chi connectivity index (χ3v) is 1.93. The summed E-state index contributed by atoms with van der Waals surface area (Å²) in [6.07, 6.45) is 1.19. The molecule has 0 rings (SSSR count). The zero-order valence-electron chi connectivity index (χ0n) is 10.7. The highest BCUT2D eigenvalue weighted by Gasteiger charge is 2.21. The fourth-order valence-corrected chi connectivity index (χ4v) is 1.07. The Kier molecular flexibility index (Phi) is 5.68. The molecule has 2 heteroatoms. The van der Waals surface area contributed by atoms with Gasteiger partial charge in [0.05, 0.1) is 12.2 Å². The normalized spacial score (nSPS) is 13.3. The average molecular weight is 201 g/mol. The molecule has 2 nitrogen and oxygen atoms in total. The zero-order chi connectivity index (χ0) is 11.2. The van der Waals surface area contributed by atoms with Crippen LogP contribution in [-0.4, -0.2) is 25.3 Å². The van der Waals surface area contributed by atoms with E-state index in [1.165, 1.54) is 6.42 Å². The van der Waals surface area contributed by atoms with Gasteiger partial charge in [0.1, 0.15) is 0 Å². The molecule has 0 aromatic rings. The smallest absolute Gasteiger partial charge is 0.0598 e. The van der Waals surface area contributed by atoms with Crippen LogP contribution in [0.3, 0.4) is 0 Å². The molecule has 0 bridgehead atoms.